The highest BCUT2D eigenvalue weighted by Crippen LogP contribution is 2.39. The summed E-state index contributed by atoms with van der Waals surface area (Å²) in [5.41, 5.74) is 5.91. The topological polar surface area (TPSA) is 99.5 Å². The number of benzene rings is 5. The number of hydrogen-bond acceptors (Lipinski definition) is 6. The Kier molecular flexibility index (Phi) is 5.55. The molecule has 0 atom stereocenters. The monoisotopic (exact) mass is 524 g/mol. The number of phenols is 2. The maximum Gasteiger partial charge on any atom is 0.261 e. The number of nitrogens with zero attached hydrogens (tertiary/aromatic N) is 1. The Hall–Kier alpha value is -4.40. The van der Waals surface area contributed by atoms with Gasteiger partial charge in [0.25, 0.3) is 10.0 Å². The SMILES string of the molecule is O=S(=O)(Nc1cccc(-c2c(O)ccc3cc(-c4cccc(O)c4)ccc23)c1)c1ccc2ncsc2c1. The molecule has 0 fully saturated rings. The molecule has 1 aromatic heterocycles. The summed E-state index contributed by atoms with van der Waals surface area (Å²) in [6.45, 7) is 0. The Morgan fingerprint density at radius 2 is 1.57 bits per heavy atom. The van der Waals surface area contributed by atoms with Crippen molar-refractivity contribution in [1.29, 1.82) is 0 Å². The highest BCUT2D eigenvalue weighted by atomic mass is 32.2. The van der Waals surface area contributed by atoms with Gasteiger partial charge in [0.2, 0.25) is 0 Å². The molecule has 5 aromatic carbocycles. The number of hydrogen-bond donors (Lipinski definition) is 3. The molecule has 37 heavy (non-hydrogen) atoms. The average Bonchev–Trinajstić information content (AvgIpc) is 3.36. The summed E-state index contributed by atoms with van der Waals surface area (Å²) >= 11 is 1.38. The average molecular weight is 525 g/mol. The molecule has 6 nitrogen and oxygen atoms in total. The van der Waals surface area contributed by atoms with E-state index in [2.05, 4.69) is 9.71 Å². The molecule has 0 spiro atoms. The van der Waals surface area contributed by atoms with Crippen LogP contribution in [0.15, 0.2) is 107 Å². The van der Waals surface area contributed by atoms with E-state index in [1.165, 1.54) is 17.4 Å². The van der Waals surface area contributed by atoms with Gasteiger partial charge < -0.3 is 10.2 Å². The number of nitrogens with one attached hydrogen (secondary N) is 1. The van der Waals surface area contributed by atoms with E-state index in [1.807, 2.05) is 36.4 Å². The van der Waals surface area contributed by atoms with Crippen LogP contribution in [0.5, 0.6) is 11.5 Å². The molecule has 6 aromatic rings. The largest absolute Gasteiger partial charge is 0.508 e. The molecule has 0 unspecified atom stereocenters. The molecule has 0 amide bonds. The third-order valence-electron chi connectivity index (χ3n) is 6.19. The van der Waals surface area contributed by atoms with E-state index >= 15 is 0 Å². The summed E-state index contributed by atoms with van der Waals surface area (Å²) in [6.07, 6.45) is 0. The van der Waals surface area contributed by atoms with Crippen LogP contribution in [0, 0.1) is 0 Å². The van der Waals surface area contributed by atoms with E-state index in [-0.39, 0.29) is 16.4 Å². The van der Waals surface area contributed by atoms with Gasteiger partial charge in [-0.05, 0) is 82.1 Å². The van der Waals surface area contributed by atoms with Gasteiger partial charge in [0.05, 0.1) is 20.6 Å². The van der Waals surface area contributed by atoms with Crippen molar-refractivity contribution in [1.82, 2.24) is 4.98 Å². The minimum absolute atomic E-state index is 0.0910. The van der Waals surface area contributed by atoms with Gasteiger partial charge in [-0.3, -0.25) is 4.72 Å². The lowest BCUT2D eigenvalue weighted by Crippen LogP contribution is -2.12. The van der Waals surface area contributed by atoms with Crippen LogP contribution < -0.4 is 4.72 Å². The molecule has 1 heterocycles. The molecule has 0 aliphatic rings. The second-order valence-electron chi connectivity index (χ2n) is 8.61. The molecule has 3 N–H and O–H groups in total. The Balaban J connectivity index is 1.38. The second kappa shape index (κ2) is 8.92. The Bertz CT molecular complexity index is 1910. The van der Waals surface area contributed by atoms with E-state index in [1.54, 1.807) is 60.1 Å². The zero-order valence-corrected chi connectivity index (χ0v) is 20.9. The van der Waals surface area contributed by atoms with Crippen LogP contribution in [0.2, 0.25) is 0 Å². The molecule has 0 saturated carbocycles. The number of phenolic OH excluding ortho intramolecular Hbond substituents is 2. The van der Waals surface area contributed by atoms with Crippen LogP contribution in [0.25, 0.3) is 43.2 Å². The summed E-state index contributed by atoms with van der Waals surface area (Å²) in [6, 6.07) is 28.2. The van der Waals surface area contributed by atoms with E-state index in [0.29, 0.717) is 16.8 Å². The van der Waals surface area contributed by atoms with Crippen LogP contribution in [-0.4, -0.2) is 23.6 Å². The zero-order chi connectivity index (χ0) is 25.6. The van der Waals surface area contributed by atoms with Crippen molar-refractivity contribution in [2.75, 3.05) is 4.72 Å². The van der Waals surface area contributed by atoms with Crippen LogP contribution in [-0.2, 0) is 10.0 Å². The summed E-state index contributed by atoms with van der Waals surface area (Å²) in [7, 11) is -3.83. The summed E-state index contributed by atoms with van der Waals surface area (Å²) in [5.74, 6) is 0.281. The Morgan fingerprint density at radius 3 is 2.43 bits per heavy atom. The first kappa shape index (κ1) is 23.0. The van der Waals surface area contributed by atoms with E-state index < -0.39 is 10.0 Å². The number of fused-ring (bicyclic) bond motifs is 2. The number of aromatic nitrogens is 1. The fraction of sp³-hybridized carbons (Fsp3) is 0. The van der Waals surface area contributed by atoms with Gasteiger partial charge in [-0.25, -0.2) is 13.4 Å². The normalized spacial score (nSPS) is 11.7. The molecule has 182 valence electrons. The van der Waals surface area contributed by atoms with E-state index in [9.17, 15) is 18.6 Å². The van der Waals surface area contributed by atoms with Crippen molar-refractivity contribution < 1.29 is 18.6 Å². The Morgan fingerprint density at radius 1 is 0.757 bits per heavy atom. The van der Waals surface area contributed by atoms with Crippen molar-refractivity contribution in [3.05, 3.63) is 103 Å². The number of sulfonamides is 1. The summed E-state index contributed by atoms with van der Waals surface area (Å²) in [4.78, 5) is 4.35. The molecule has 0 radical (unpaired) electrons. The quantitative estimate of drug-likeness (QED) is 0.226. The standard InChI is InChI=1S/C29H20N2O4S2/c32-23-6-2-3-18(15-23)19-7-10-25-20(13-19)8-12-27(33)29(25)21-4-1-5-22(14-21)31-37(34,35)24-9-11-26-28(16-24)36-17-30-26/h1-17,31-33H. The zero-order valence-electron chi connectivity index (χ0n) is 19.3. The second-order valence-corrected chi connectivity index (χ2v) is 11.2. The number of aromatic hydroxyl groups is 2. The highest BCUT2D eigenvalue weighted by molar-refractivity contribution is 7.92. The predicted octanol–water partition coefficient (Wildman–Crippen LogP) is 7.00. The maximum atomic E-state index is 13.1. The lowest BCUT2D eigenvalue weighted by atomic mass is 9.94. The summed E-state index contributed by atoms with van der Waals surface area (Å²) in [5, 5.41) is 22.4. The minimum atomic E-state index is -3.83. The fourth-order valence-corrected chi connectivity index (χ4v) is 6.31. The molecule has 0 aliphatic carbocycles. The van der Waals surface area contributed by atoms with Crippen molar-refractivity contribution in [2.24, 2.45) is 0 Å². The van der Waals surface area contributed by atoms with Gasteiger partial charge in [0, 0.05) is 11.3 Å². The lowest BCUT2D eigenvalue weighted by Gasteiger charge is -2.13. The first-order chi connectivity index (χ1) is 17.9. The van der Waals surface area contributed by atoms with Crippen molar-refractivity contribution in [3.63, 3.8) is 0 Å². The van der Waals surface area contributed by atoms with Crippen LogP contribution in [0.1, 0.15) is 0 Å². The number of rotatable bonds is 5. The van der Waals surface area contributed by atoms with Crippen LogP contribution in [0.3, 0.4) is 0 Å². The van der Waals surface area contributed by atoms with Crippen LogP contribution >= 0.6 is 11.3 Å². The predicted molar refractivity (Wildman–Crippen MR) is 149 cm³/mol. The van der Waals surface area contributed by atoms with E-state index in [0.717, 1.165) is 32.1 Å². The fourth-order valence-electron chi connectivity index (χ4n) is 4.44. The van der Waals surface area contributed by atoms with E-state index in [4.69, 9.17) is 0 Å². The molecule has 6 rings (SSSR count). The van der Waals surface area contributed by atoms with Gasteiger partial charge >= 0.3 is 0 Å². The molecule has 0 bridgehead atoms. The van der Waals surface area contributed by atoms with Crippen LogP contribution in [0.4, 0.5) is 5.69 Å². The molecular formula is C29H20N2O4S2. The third kappa shape index (κ3) is 4.37. The number of anilines is 1. The van der Waals surface area contributed by atoms with Gasteiger partial charge in [0.1, 0.15) is 11.5 Å². The first-order valence-corrected chi connectivity index (χ1v) is 13.8. The minimum Gasteiger partial charge on any atom is -0.508 e. The van der Waals surface area contributed by atoms with Crippen molar-refractivity contribution in [2.45, 2.75) is 4.90 Å². The first-order valence-electron chi connectivity index (χ1n) is 11.4. The smallest absolute Gasteiger partial charge is 0.261 e. The van der Waals surface area contributed by atoms with Gasteiger partial charge in [-0.2, -0.15) is 0 Å². The maximum absolute atomic E-state index is 13.1. The third-order valence-corrected chi connectivity index (χ3v) is 8.36. The van der Waals surface area contributed by atoms with Gasteiger partial charge in [-0.1, -0.05) is 42.5 Å². The summed E-state index contributed by atoms with van der Waals surface area (Å²) < 4.78 is 29.6. The van der Waals surface area contributed by atoms with Crippen molar-refractivity contribution in [3.8, 4) is 33.8 Å². The van der Waals surface area contributed by atoms with Gasteiger partial charge in [-0.15, -0.1) is 11.3 Å². The molecule has 0 aliphatic heterocycles. The van der Waals surface area contributed by atoms with Gasteiger partial charge in [0.15, 0.2) is 0 Å². The molecule has 8 heteroatoms. The number of thiazole rings is 1. The molecule has 0 saturated heterocycles. The molecular weight excluding hydrogens is 504 g/mol. The van der Waals surface area contributed by atoms with Crippen molar-refractivity contribution >= 4 is 48.0 Å². The Labute approximate surface area is 217 Å². The highest BCUT2D eigenvalue weighted by Gasteiger charge is 2.17. The lowest BCUT2D eigenvalue weighted by molar-refractivity contribution is 0.475.